The van der Waals surface area contributed by atoms with Crippen LogP contribution in [0.3, 0.4) is 0 Å². The fourth-order valence-electron chi connectivity index (χ4n) is 4.19. The topological polar surface area (TPSA) is 63.4 Å². The Bertz CT molecular complexity index is 396. The Morgan fingerprint density at radius 2 is 1.35 bits per heavy atom. The number of unbranched alkanes of at least 4 members (excludes halogenated alkanes) is 2. The van der Waals surface area contributed by atoms with Gasteiger partial charge < -0.3 is 5.73 Å². The second-order valence-corrected chi connectivity index (χ2v) is 8.06. The molecule has 1 saturated carbocycles. The Kier molecular flexibility index (Phi) is 11.1. The van der Waals surface area contributed by atoms with Crippen molar-refractivity contribution in [3.05, 3.63) is 0 Å². The Labute approximate surface area is 161 Å². The van der Waals surface area contributed by atoms with Crippen LogP contribution >= 0.6 is 0 Å². The summed E-state index contributed by atoms with van der Waals surface area (Å²) in [4.78, 5) is 28.5. The van der Waals surface area contributed by atoms with Gasteiger partial charge in [0.25, 0.3) is 0 Å². The van der Waals surface area contributed by atoms with Crippen LogP contribution < -0.4 is 5.73 Å². The highest BCUT2D eigenvalue weighted by Gasteiger charge is 2.39. The lowest BCUT2D eigenvalue weighted by atomic mass is 9.86. The Morgan fingerprint density at radius 1 is 0.885 bits per heavy atom. The number of hydrogen-bond donors (Lipinski definition) is 1. The Balaban J connectivity index is 3.07. The van der Waals surface area contributed by atoms with E-state index in [2.05, 4.69) is 27.7 Å². The maximum atomic E-state index is 13.4. The molecule has 1 fully saturated rings. The lowest BCUT2D eigenvalue weighted by Crippen LogP contribution is -2.57. The summed E-state index contributed by atoms with van der Waals surface area (Å²) in [5.74, 6) is -0.0000810. The molecule has 0 bridgehead atoms. The third kappa shape index (κ3) is 6.37. The van der Waals surface area contributed by atoms with Gasteiger partial charge in [-0.25, -0.2) is 0 Å². The van der Waals surface area contributed by atoms with E-state index in [0.717, 1.165) is 77.0 Å². The first-order valence-corrected chi connectivity index (χ1v) is 11.1. The fourth-order valence-corrected chi connectivity index (χ4v) is 4.19. The molecule has 4 heteroatoms. The van der Waals surface area contributed by atoms with Crippen LogP contribution in [0.1, 0.15) is 105 Å². The van der Waals surface area contributed by atoms with Crippen LogP contribution in [0.15, 0.2) is 0 Å². The summed E-state index contributed by atoms with van der Waals surface area (Å²) < 4.78 is 0. The zero-order valence-electron chi connectivity index (χ0n) is 17.6. The summed E-state index contributed by atoms with van der Waals surface area (Å²) in [6, 6.07) is -0.167. The van der Waals surface area contributed by atoms with Crippen molar-refractivity contribution in [3.8, 4) is 0 Å². The minimum Gasteiger partial charge on any atom is -0.326 e. The third-order valence-electron chi connectivity index (χ3n) is 6.08. The van der Waals surface area contributed by atoms with Crippen molar-refractivity contribution in [2.45, 2.75) is 117 Å². The Hall–Kier alpha value is -0.900. The van der Waals surface area contributed by atoms with Gasteiger partial charge in [-0.15, -0.1) is 0 Å². The molecule has 1 aliphatic carbocycles. The number of nitrogens with zero attached hydrogens (tertiary/aromatic N) is 1. The van der Waals surface area contributed by atoms with Crippen molar-refractivity contribution in [1.29, 1.82) is 0 Å². The zero-order chi connectivity index (χ0) is 19.5. The van der Waals surface area contributed by atoms with Crippen molar-refractivity contribution in [2.75, 3.05) is 0 Å². The standard InChI is InChI=1S/C22H42N2O2/c1-5-9-13-17(7-3)21(25)24(20-16-12-11-15-19(20)23)22(26)18(8-4)14-10-6-2/h17-20H,5-16,23H2,1-4H3. The first-order chi connectivity index (χ1) is 12.5. The van der Waals surface area contributed by atoms with Gasteiger partial charge in [0.05, 0.1) is 6.04 Å². The predicted octanol–water partition coefficient (Wildman–Crippen LogP) is 5.04. The number of nitrogens with two attached hydrogens (primary N) is 1. The van der Waals surface area contributed by atoms with E-state index in [1.807, 2.05) is 0 Å². The van der Waals surface area contributed by atoms with Gasteiger partial charge in [0.2, 0.25) is 11.8 Å². The molecule has 4 nitrogen and oxygen atoms in total. The van der Waals surface area contributed by atoms with Gasteiger partial charge in [0.1, 0.15) is 0 Å². The molecule has 0 aromatic carbocycles. The molecule has 0 saturated heterocycles. The maximum absolute atomic E-state index is 13.4. The monoisotopic (exact) mass is 366 g/mol. The molecule has 1 rings (SSSR count). The van der Waals surface area contributed by atoms with Crippen LogP contribution in [0, 0.1) is 11.8 Å². The molecule has 26 heavy (non-hydrogen) atoms. The van der Waals surface area contributed by atoms with E-state index in [1.165, 1.54) is 0 Å². The lowest BCUT2D eigenvalue weighted by molar-refractivity contribution is -0.154. The number of rotatable bonds is 11. The second kappa shape index (κ2) is 12.5. The molecular weight excluding hydrogens is 324 g/mol. The molecule has 4 unspecified atom stereocenters. The summed E-state index contributed by atoms with van der Waals surface area (Å²) in [5, 5.41) is 0. The highest BCUT2D eigenvalue weighted by atomic mass is 16.2. The van der Waals surface area contributed by atoms with Crippen molar-refractivity contribution < 1.29 is 9.59 Å². The van der Waals surface area contributed by atoms with Gasteiger partial charge in [0, 0.05) is 17.9 Å². The van der Waals surface area contributed by atoms with Crippen LogP contribution in [-0.2, 0) is 9.59 Å². The lowest BCUT2D eigenvalue weighted by Gasteiger charge is -2.40. The molecule has 0 aromatic rings. The van der Waals surface area contributed by atoms with E-state index in [4.69, 9.17) is 5.73 Å². The van der Waals surface area contributed by atoms with Gasteiger partial charge in [-0.1, -0.05) is 66.2 Å². The molecule has 152 valence electrons. The number of hydrogen-bond acceptors (Lipinski definition) is 3. The van der Waals surface area contributed by atoms with Gasteiger partial charge in [0.15, 0.2) is 0 Å². The van der Waals surface area contributed by atoms with E-state index in [-0.39, 0.29) is 35.7 Å². The molecule has 2 amide bonds. The van der Waals surface area contributed by atoms with Crippen LogP contribution in [0.5, 0.6) is 0 Å². The predicted molar refractivity (Wildman–Crippen MR) is 109 cm³/mol. The average Bonchev–Trinajstić information content (AvgIpc) is 2.64. The largest absolute Gasteiger partial charge is 0.326 e. The summed E-state index contributed by atoms with van der Waals surface area (Å²) in [6.45, 7) is 8.43. The van der Waals surface area contributed by atoms with Crippen LogP contribution in [0.25, 0.3) is 0 Å². The van der Waals surface area contributed by atoms with Gasteiger partial charge in [-0.2, -0.15) is 0 Å². The molecule has 4 atom stereocenters. The SMILES string of the molecule is CCCCC(CC)C(=O)N(C(=O)C(CC)CCCC)C1CCCCC1N. The van der Waals surface area contributed by atoms with E-state index in [9.17, 15) is 9.59 Å². The molecular formula is C22H42N2O2. The zero-order valence-corrected chi connectivity index (χ0v) is 17.6. The summed E-state index contributed by atoms with van der Waals surface area (Å²) in [7, 11) is 0. The smallest absolute Gasteiger partial charge is 0.232 e. The third-order valence-corrected chi connectivity index (χ3v) is 6.08. The minimum absolute atomic E-state index is 0.0447. The van der Waals surface area contributed by atoms with E-state index in [0.29, 0.717) is 0 Å². The fraction of sp³-hybridized carbons (Fsp3) is 0.909. The first kappa shape index (κ1) is 23.1. The normalized spacial score (nSPS) is 22.7. The molecule has 0 aliphatic heterocycles. The van der Waals surface area contributed by atoms with Crippen molar-refractivity contribution in [2.24, 2.45) is 17.6 Å². The highest BCUT2D eigenvalue weighted by molar-refractivity contribution is 5.98. The van der Waals surface area contributed by atoms with E-state index < -0.39 is 0 Å². The quantitative estimate of drug-likeness (QED) is 0.557. The number of carbonyl (C=O) groups is 2. The summed E-state index contributed by atoms with van der Waals surface area (Å²) in [6.07, 6.45) is 11.5. The van der Waals surface area contributed by atoms with E-state index in [1.54, 1.807) is 4.90 Å². The molecule has 1 aliphatic rings. The minimum atomic E-state index is -0.102. The van der Waals surface area contributed by atoms with Crippen LogP contribution in [0.4, 0.5) is 0 Å². The van der Waals surface area contributed by atoms with Gasteiger partial charge in [-0.05, 0) is 38.5 Å². The van der Waals surface area contributed by atoms with Gasteiger partial charge in [-0.3, -0.25) is 14.5 Å². The average molecular weight is 367 g/mol. The molecule has 2 N–H and O–H groups in total. The Morgan fingerprint density at radius 3 is 1.73 bits per heavy atom. The summed E-state index contributed by atoms with van der Waals surface area (Å²) in [5.41, 5.74) is 6.39. The number of imide groups is 1. The first-order valence-electron chi connectivity index (χ1n) is 11.1. The van der Waals surface area contributed by atoms with Crippen molar-refractivity contribution >= 4 is 11.8 Å². The molecule has 0 aromatic heterocycles. The summed E-state index contributed by atoms with van der Waals surface area (Å²) >= 11 is 0. The van der Waals surface area contributed by atoms with Gasteiger partial charge >= 0.3 is 0 Å². The van der Waals surface area contributed by atoms with Crippen LogP contribution in [0.2, 0.25) is 0 Å². The van der Waals surface area contributed by atoms with Crippen molar-refractivity contribution in [3.63, 3.8) is 0 Å². The molecule has 0 heterocycles. The van der Waals surface area contributed by atoms with Crippen molar-refractivity contribution in [1.82, 2.24) is 4.90 Å². The highest BCUT2D eigenvalue weighted by Crippen LogP contribution is 2.28. The molecule has 0 radical (unpaired) electrons. The molecule has 0 spiro atoms. The maximum Gasteiger partial charge on any atom is 0.232 e. The van der Waals surface area contributed by atoms with Crippen LogP contribution in [-0.4, -0.2) is 28.8 Å². The van der Waals surface area contributed by atoms with E-state index >= 15 is 0 Å². The number of carbonyl (C=O) groups excluding carboxylic acids is 2. The second-order valence-electron chi connectivity index (χ2n) is 8.06. The number of amides is 2.